The van der Waals surface area contributed by atoms with Gasteiger partial charge in [0.2, 0.25) is 12.6 Å². The van der Waals surface area contributed by atoms with Crippen LogP contribution in [-0.2, 0) is 13.3 Å². The van der Waals surface area contributed by atoms with Crippen LogP contribution >= 0.6 is 0 Å². The molecule has 0 bridgehead atoms. The monoisotopic (exact) mass is 412 g/mol. The highest BCUT2D eigenvalue weighted by Gasteiger charge is 2.03. The molecule has 0 aliphatic carbocycles. The molecule has 8 nitrogen and oxygen atoms in total. The lowest BCUT2D eigenvalue weighted by Gasteiger charge is -2.01. The van der Waals surface area contributed by atoms with E-state index in [1.54, 1.807) is 29.1 Å². The molecule has 0 fully saturated rings. The lowest BCUT2D eigenvalue weighted by atomic mass is 10.2. The van der Waals surface area contributed by atoms with Crippen LogP contribution in [-0.4, -0.2) is 27.2 Å². The highest BCUT2D eigenvalue weighted by Crippen LogP contribution is 2.11. The highest BCUT2D eigenvalue weighted by molar-refractivity contribution is 5.99. The molecular weight excluding hydrogens is 392 g/mol. The highest BCUT2D eigenvalue weighted by atomic mass is 35.5. The molecule has 0 saturated carbocycles. The molecule has 0 saturated heterocycles. The minimum atomic E-state index is -0.0948. The van der Waals surface area contributed by atoms with Gasteiger partial charge in [-0.15, -0.1) is 20.4 Å². The molecule has 2 aromatic heterocycles. The van der Waals surface area contributed by atoms with Crippen LogP contribution in [0.25, 0.3) is 0 Å². The van der Waals surface area contributed by atoms with Gasteiger partial charge in [0.25, 0.3) is 0 Å². The van der Waals surface area contributed by atoms with E-state index in [0.717, 1.165) is 5.56 Å². The van der Waals surface area contributed by atoms with Crippen molar-refractivity contribution in [2.75, 3.05) is 6.61 Å². The van der Waals surface area contributed by atoms with Gasteiger partial charge in [0.1, 0.15) is 0 Å². The number of nitrogens with zero attached hydrogens (tertiary/aromatic N) is 6. The van der Waals surface area contributed by atoms with Crippen molar-refractivity contribution in [1.29, 1.82) is 0 Å². The zero-order valence-corrected chi connectivity index (χ0v) is 16.3. The smallest absolute Gasteiger partial charge is 0.250 e. The number of azo groups is 1. The fourth-order valence-electron chi connectivity index (χ4n) is 2.32. The van der Waals surface area contributed by atoms with Crippen LogP contribution in [0, 0.1) is 0 Å². The van der Waals surface area contributed by atoms with Crippen LogP contribution in [0.4, 0.5) is 5.69 Å². The lowest BCUT2D eigenvalue weighted by Crippen LogP contribution is -3.00. The second-order valence-electron chi connectivity index (χ2n) is 5.82. The molecule has 150 valence electrons. The van der Waals surface area contributed by atoms with E-state index in [1.807, 2.05) is 59.4 Å². The third-order valence-corrected chi connectivity index (χ3v) is 3.82. The summed E-state index contributed by atoms with van der Waals surface area (Å²) in [5, 5.41) is 35.7. The Morgan fingerprint density at radius 3 is 2.24 bits per heavy atom. The normalized spacial score (nSPS) is 11.3. The van der Waals surface area contributed by atoms with E-state index >= 15 is 0 Å². The molecule has 0 unspecified atom stereocenters. The van der Waals surface area contributed by atoms with Crippen molar-refractivity contribution in [2.45, 2.75) is 13.3 Å². The van der Waals surface area contributed by atoms with Gasteiger partial charge in [-0.3, -0.25) is 0 Å². The topological polar surface area (TPSA) is 98.7 Å². The maximum atomic E-state index is 9.08. The van der Waals surface area contributed by atoms with Crippen molar-refractivity contribution in [3.8, 4) is 0 Å². The second-order valence-corrected chi connectivity index (χ2v) is 5.82. The summed E-state index contributed by atoms with van der Waals surface area (Å²) in [6, 6.07) is 16.6. The molecule has 3 aromatic rings. The maximum Gasteiger partial charge on any atom is 0.250 e. The van der Waals surface area contributed by atoms with E-state index in [-0.39, 0.29) is 25.7 Å². The molecule has 0 radical (unpaired) electrons. The summed E-state index contributed by atoms with van der Waals surface area (Å²) < 4.78 is 3.47. The molecular formula is C20H21ClN6O2. The fourth-order valence-corrected chi connectivity index (χ4v) is 2.32. The third-order valence-electron chi connectivity index (χ3n) is 3.82. The van der Waals surface area contributed by atoms with Crippen LogP contribution in [0.3, 0.4) is 0 Å². The minimum absolute atomic E-state index is 0. The van der Waals surface area contributed by atoms with E-state index in [4.69, 9.17) is 10.2 Å². The van der Waals surface area contributed by atoms with Gasteiger partial charge in [-0.1, -0.05) is 30.3 Å². The number of halogens is 1. The summed E-state index contributed by atoms with van der Waals surface area (Å²) >= 11 is 0. The van der Waals surface area contributed by atoms with E-state index in [0.29, 0.717) is 23.4 Å². The zero-order valence-electron chi connectivity index (χ0n) is 15.6. The van der Waals surface area contributed by atoms with Crippen LogP contribution in [0.2, 0.25) is 0 Å². The number of rotatable bonds is 6. The van der Waals surface area contributed by atoms with Crippen LogP contribution < -0.4 is 22.3 Å². The van der Waals surface area contributed by atoms with Gasteiger partial charge in [-0.25, -0.2) is 0 Å². The molecule has 3 rings (SSSR count). The molecule has 0 aliphatic heterocycles. The molecule has 9 heteroatoms. The van der Waals surface area contributed by atoms with Crippen molar-refractivity contribution in [2.24, 2.45) is 20.4 Å². The number of hydrogen-bond acceptors (Lipinski definition) is 5. The third kappa shape index (κ3) is 6.72. The first-order chi connectivity index (χ1) is 13.8. The summed E-state index contributed by atoms with van der Waals surface area (Å²) in [7, 11) is 0. The number of amidine groups is 1. The second kappa shape index (κ2) is 11.6. The zero-order chi connectivity index (χ0) is 19.6. The van der Waals surface area contributed by atoms with Crippen molar-refractivity contribution < 1.29 is 27.2 Å². The first kappa shape index (κ1) is 22.1. The summed E-state index contributed by atoms with van der Waals surface area (Å²) in [5.74, 6) is 0.381. The number of benzene rings is 1. The van der Waals surface area contributed by atoms with E-state index < -0.39 is 0 Å². The van der Waals surface area contributed by atoms with E-state index in [2.05, 4.69) is 20.4 Å². The SMILES string of the molecule is OCCn1ccc(=NN=C(N=Nc2cc[n+](CO)cc2)c2ccccc2)cc1.[Cl-]. The summed E-state index contributed by atoms with van der Waals surface area (Å²) in [6.45, 7) is 0.512. The number of aromatic nitrogens is 2. The van der Waals surface area contributed by atoms with E-state index in [1.165, 1.54) is 0 Å². The number of pyridine rings is 2. The Balaban J connectivity index is 0.00000300. The number of aliphatic hydroxyl groups is 2. The Kier molecular flexibility index (Phi) is 8.84. The van der Waals surface area contributed by atoms with Gasteiger partial charge in [-0.2, -0.15) is 4.57 Å². The van der Waals surface area contributed by atoms with E-state index in [9.17, 15) is 0 Å². The van der Waals surface area contributed by atoms with Gasteiger partial charge in [-0.05, 0) is 12.1 Å². The lowest BCUT2D eigenvalue weighted by molar-refractivity contribution is -0.729. The molecule has 29 heavy (non-hydrogen) atoms. The summed E-state index contributed by atoms with van der Waals surface area (Å²) in [5.41, 5.74) is 1.43. The molecule has 0 atom stereocenters. The van der Waals surface area contributed by atoms with Gasteiger partial charge >= 0.3 is 0 Å². The average molecular weight is 413 g/mol. The van der Waals surface area contributed by atoms with Gasteiger partial charge in [0.05, 0.1) is 17.7 Å². The quantitative estimate of drug-likeness (QED) is 0.174. The number of hydrogen-bond donors (Lipinski definition) is 2. The standard InChI is InChI=1S/C20H21N6O2.ClH/c27-15-14-25-10-6-18(7-11-25)21-23-20(17-4-2-1-3-5-17)24-22-19-8-12-26(16-28)13-9-19;/h1-13,27-28H,14-16H2;1H/q+1;/p-1. The Labute approximate surface area is 174 Å². The van der Waals surface area contributed by atoms with Crippen molar-refractivity contribution >= 4 is 11.5 Å². The average Bonchev–Trinajstić information content (AvgIpc) is 2.76. The van der Waals surface area contributed by atoms with Crippen molar-refractivity contribution in [1.82, 2.24) is 4.57 Å². The minimum Gasteiger partial charge on any atom is -1.00 e. The van der Waals surface area contributed by atoms with Crippen LogP contribution in [0.1, 0.15) is 5.56 Å². The Bertz CT molecular complexity index is 997. The molecule has 0 spiro atoms. The Hall–Kier alpha value is -3.20. The van der Waals surface area contributed by atoms with Gasteiger partial charge in [0.15, 0.2) is 12.4 Å². The molecule has 0 aliphatic rings. The molecule has 1 aromatic carbocycles. The molecule has 0 amide bonds. The van der Waals surface area contributed by atoms with Gasteiger partial charge < -0.3 is 27.2 Å². The maximum absolute atomic E-state index is 9.08. The fraction of sp³-hybridized carbons (Fsp3) is 0.150. The molecule has 2 heterocycles. The van der Waals surface area contributed by atoms with Crippen LogP contribution in [0.15, 0.2) is 99.8 Å². The van der Waals surface area contributed by atoms with Gasteiger partial charge in [0, 0.05) is 36.6 Å². The summed E-state index contributed by atoms with van der Waals surface area (Å²) in [4.78, 5) is 0. The Morgan fingerprint density at radius 2 is 1.62 bits per heavy atom. The van der Waals surface area contributed by atoms with Crippen LogP contribution in [0.5, 0.6) is 0 Å². The predicted octanol–water partition coefficient (Wildman–Crippen LogP) is -1.23. The van der Waals surface area contributed by atoms with Crippen molar-refractivity contribution in [3.05, 3.63) is 90.3 Å². The number of aliphatic hydroxyl groups excluding tert-OH is 2. The predicted molar refractivity (Wildman–Crippen MR) is 103 cm³/mol. The molecule has 2 N–H and O–H groups in total. The Morgan fingerprint density at radius 1 is 0.931 bits per heavy atom. The summed E-state index contributed by atoms with van der Waals surface area (Å²) in [6.07, 6.45) is 7.08. The largest absolute Gasteiger partial charge is 1.00 e. The first-order valence-electron chi connectivity index (χ1n) is 8.74. The first-order valence-corrected chi connectivity index (χ1v) is 8.74. The van der Waals surface area contributed by atoms with Crippen molar-refractivity contribution in [3.63, 3.8) is 0 Å².